The van der Waals surface area contributed by atoms with Gasteiger partial charge in [0.25, 0.3) is 0 Å². The lowest BCUT2D eigenvalue weighted by atomic mass is 9.99. The summed E-state index contributed by atoms with van der Waals surface area (Å²) >= 11 is 0. The van der Waals surface area contributed by atoms with Crippen molar-refractivity contribution >= 4 is 5.91 Å². The SMILES string of the molecule is [CH]CC(=O)NC(CO[C@@H]1OC(CO)[C@H](O)C(O)C1O)C(O)CCC. The van der Waals surface area contributed by atoms with E-state index in [1.165, 1.54) is 0 Å². The van der Waals surface area contributed by atoms with E-state index in [0.29, 0.717) is 12.8 Å². The summed E-state index contributed by atoms with van der Waals surface area (Å²) in [7, 11) is 0. The van der Waals surface area contributed by atoms with Gasteiger partial charge in [0, 0.05) is 6.42 Å². The zero-order valence-corrected chi connectivity index (χ0v) is 13.6. The first-order valence-corrected chi connectivity index (χ1v) is 7.95. The van der Waals surface area contributed by atoms with Crippen molar-refractivity contribution in [3.63, 3.8) is 0 Å². The van der Waals surface area contributed by atoms with E-state index in [0.717, 1.165) is 0 Å². The van der Waals surface area contributed by atoms with Crippen molar-refractivity contribution in [1.82, 2.24) is 5.32 Å². The summed E-state index contributed by atoms with van der Waals surface area (Å²) in [5.74, 6) is -0.479. The number of hydrogen-bond acceptors (Lipinski definition) is 8. The standard InChI is InChI=1S/C15H27NO8/c1-3-5-9(18)8(16-11(19)4-2)7-23-15-14(22)13(21)12(20)10(6-17)24-15/h2,8-10,12-15,17-18,20-22H,3-7H2,1H3,(H,16,19)/t8?,9?,10?,12-,13?,14?,15+/m0/s1. The van der Waals surface area contributed by atoms with E-state index in [4.69, 9.17) is 21.5 Å². The van der Waals surface area contributed by atoms with Gasteiger partial charge in [-0.05, 0) is 13.3 Å². The second kappa shape index (κ2) is 10.2. The number of carbonyl (C=O) groups excluding carboxylic acids is 1. The Kier molecular flexibility index (Phi) is 9.06. The van der Waals surface area contributed by atoms with Crippen molar-refractivity contribution in [3.8, 4) is 0 Å². The fourth-order valence-corrected chi connectivity index (χ4v) is 2.42. The van der Waals surface area contributed by atoms with E-state index in [1.807, 2.05) is 6.92 Å². The molecule has 24 heavy (non-hydrogen) atoms. The number of nitrogens with one attached hydrogen (secondary N) is 1. The Morgan fingerprint density at radius 1 is 1.29 bits per heavy atom. The Morgan fingerprint density at radius 3 is 2.50 bits per heavy atom. The quantitative estimate of drug-likeness (QED) is 0.269. The molecule has 0 aromatic carbocycles. The molecule has 0 bridgehead atoms. The van der Waals surface area contributed by atoms with Crippen molar-refractivity contribution in [2.75, 3.05) is 13.2 Å². The molecule has 1 rings (SSSR count). The van der Waals surface area contributed by atoms with Gasteiger partial charge in [-0.3, -0.25) is 4.79 Å². The van der Waals surface area contributed by atoms with Crippen LogP contribution in [-0.2, 0) is 14.3 Å². The van der Waals surface area contributed by atoms with Gasteiger partial charge in [0.15, 0.2) is 6.29 Å². The minimum Gasteiger partial charge on any atom is -0.394 e. The smallest absolute Gasteiger partial charge is 0.220 e. The second-order valence-corrected chi connectivity index (χ2v) is 5.76. The van der Waals surface area contributed by atoms with Gasteiger partial charge >= 0.3 is 0 Å². The highest BCUT2D eigenvalue weighted by Crippen LogP contribution is 2.22. The number of rotatable bonds is 9. The molecular weight excluding hydrogens is 322 g/mol. The average Bonchev–Trinajstić information content (AvgIpc) is 2.57. The summed E-state index contributed by atoms with van der Waals surface area (Å²) in [4.78, 5) is 11.5. The van der Waals surface area contributed by atoms with Gasteiger partial charge in [-0.2, -0.15) is 0 Å². The first-order valence-electron chi connectivity index (χ1n) is 7.95. The maximum atomic E-state index is 11.5. The Morgan fingerprint density at radius 2 is 1.96 bits per heavy atom. The van der Waals surface area contributed by atoms with Gasteiger partial charge in [0.2, 0.25) is 5.91 Å². The molecule has 9 nitrogen and oxygen atoms in total. The normalized spacial score (nSPS) is 33.0. The number of carbonyl (C=O) groups is 1. The molecule has 1 amide bonds. The molecule has 1 aliphatic rings. The van der Waals surface area contributed by atoms with E-state index in [1.54, 1.807) is 0 Å². The van der Waals surface area contributed by atoms with Crippen LogP contribution in [0.5, 0.6) is 0 Å². The number of hydrogen-bond donors (Lipinski definition) is 6. The predicted molar refractivity (Wildman–Crippen MR) is 81.5 cm³/mol. The summed E-state index contributed by atoms with van der Waals surface area (Å²) in [6.07, 6.45) is -7.06. The summed E-state index contributed by atoms with van der Waals surface area (Å²) in [6, 6.07) is -0.784. The third kappa shape index (κ3) is 5.62. The highest BCUT2D eigenvalue weighted by atomic mass is 16.7. The van der Waals surface area contributed by atoms with Gasteiger partial charge in [0.1, 0.15) is 24.4 Å². The van der Waals surface area contributed by atoms with Crippen LogP contribution in [0.4, 0.5) is 0 Å². The molecule has 2 radical (unpaired) electrons. The fraction of sp³-hybridized carbons (Fsp3) is 0.867. The van der Waals surface area contributed by atoms with Crippen molar-refractivity contribution in [1.29, 1.82) is 0 Å². The Balaban J connectivity index is 2.68. The monoisotopic (exact) mass is 349 g/mol. The van der Waals surface area contributed by atoms with E-state index in [9.17, 15) is 25.2 Å². The van der Waals surface area contributed by atoms with Crippen LogP contribution in [0.1, 0.15) is 26.2 Å². The summed E-state index contributed by atoms with van der Waals surface area (Å²) in [5.41, 5.74) is 0. The number of aliphatic hydroxyl groups excluding tert-OH is 5. The molecule has 0 aromatic heterocycles. The molecule has 0 aliphatic carbocycles. The summed E-state index contributed by atoms with van der Waals surface area (Å²) in [5, 5.41) is 51.0. The van der Waals surface area contributed by atoms with Crippen molar-refractivity contribution in [2.24, 2.45) is 0 Å². The van der Waals surface area contributed by atoms with Crippen LogP contribution in [0.25, 0.3) is 0 Å². The topological polar surface area (TPSA) is 149 Å². The third-order valence-electron chi connectivity index (χ3n) is 3.87. The second-order valence-electron chi connectivity index (χ2n) is 5.76. The molecule has 0 saturated carbocycles. The van der Waals surface area contributed by atoms with Crippen molar-refractivity contribution in [2.45, 2.75) is 69.0 Å². The minimum atomic E-state index is -1.56. The third-order valence-corrected chi connectivity index (χ3v) is 3.87. The average molecular weight is 349 g/mol. The van der Waals surface area contributed by atoms with E-state index >= 15 is 0 Å². The van der Waals surface area contributed by atoms with Crippen LogP contribution in [-0.4, -0.2) is 87.5 Å². The summed E-state index contributed by atoms with van der Waals surface area (Å²) in [6.45, 7) is 6.32. The maximum absolute atomic E-state index is 11.5. The molecule has 140 valence electrons. The molecule has 9 heteroatoms. The highest BCUT2D eigenvalue weighted by Gasteiger charge is 2.44. The lowest BCUT2D eigenvalue weighted by Gasteiger charge is -2.40. The van der Waals surface area contributed by atoms with Crippen LogP contribution < -0.4 is 5.32 Å². The van der Waals surface area contributed by atoms with Crippen LogP contribution in [0, 0.1) is 6.92 Å². The molecule has 0 aromatic rings. The van der Waals surface area contributed by atoms with E-state index in [-0.39, 0.29) is 13.0 Å². The molecule has 5 unspecified atom stereocenters. The molecule has 1 heterocycles. The zero-order chi connectivity index (χ0) is 18.3. The van der Waals surface area contributed by atoms with Gasteiger partial charge < -0.3 is 40.3 Å². The lowest BCUT2D eigenvalue weighted by Crippen LogP contribution is -2.60. The van der Waals surface area contributed by atoms with Crippen LogP contribution in [0.2, 0.25) is 0 Å². The molecule has 0 spiro atoms. The lowest BCUT2D eigenvalue weighted by molar-refractivity contribution is -0.302. The van der Waals surface area contributed by atoms with Gasteiger partial charge in [-0.25, -0.2) is 0 Å². The fourth-order valence-electron chi connectivity index (χ4n) is 2.42. The largest absolute Gasteiger partial charge is 0.394 e. The minimum absolute atomic E-state index is 0.213. The van der Waals surface area contributed by atoms with Crippen LogP contribution >= 0.6 is 0 Å². The molecule has 6 N–H and O–H groups in total. The molecule has 1 fully saturated rings. The van der Waals surface area contributed by atoms with E-state index in [2.05, 4.69) is 5.32 Å². The van der Waals surface area contributed by atoms with Crippen molar-refractivity contribution in [3.05, 3.63) is 6.92 Å². The van der Waals surface area contributed by atoms with Crippen LogP contribution in [0.3, 0.4) is 0 Å². The predicted octanol–water partition coefficient (Wildman–Crippen LogP) is -2.45. The Labute approximate surface area is 141 Å². The first kappa shape index (κ1) is 21.2. The van der Waals surface area contributed by atoms with Crippen LogP contribution in [0.15, 0.2) is 0 Å². The van der Waals surface area contributed by atoms with Crippen molar-refractivity contribution < 1.29 is 39.8 Å². The highest BCUT2D eigenvalue weighted by molar-refractivity contribution is 5.76. The van der Waals surface area contributed by atoms with Gasteiger partial charge in [0.05, 0.1) is 25.4 Å². The molecule has 1 aliphatic heterocycles. The first-order chi connectivity index (χ1) is 11.3. The van der Waals surface area contributed by atoms with Gasteiger partial charge in [-0.15, -0.1) is 0 Å². The Hall–Kier alpha value is -0.810. The number of aliphatic hydroxyl groups is 5. The zero-order valence-electron chi connectivity index (χ0n) is 13.6. The number of amides is 1. The van der Waals surface area contributed by atoms with Gasteiger partial charge in [-0.1, -0.05) is 13.3 Å². The molecule has 7 atom stereocenters. The maximum Gasteiger partial charge on any atom is 0.220 e. The summed E-state index contributed by atoms with van der Waals surface area (Å²) < 4.78 is 10.6. The molecular formula is C15H27NO8. The molecule has 1 saturated heterocycles. The van der Waals surface area contributed by atoms with E-state index < -0.39 is 55.4 Å². The Bertz CT molecular complexity index is 380. The number of ether oxygens (including phenoxy) is 2.